The molecule has 1 nitrogen and oxygen atoms in total. The highest BCUT2D eigenvalue weighted by molar-refractivity contribution is 5.17. The van der Waals surface area contributed by atoms with Crippen molar-refractivity contribution in [3.63, 3.8) is 0 Å². The van der Waals surface area contributed by atoms with Gasteiger partial charge in [0.1, 0.15) is 0 Å². The van der Waals surface area contributed by atoms with E-state index in [1.807, 2.05) is 0 Å². The van der Waals surface area contributed by atoms with Gasteiger partial charge < -0.3 is 5.32 Å². The van der Waals surface area contributed by atoms with Crippen molar-refractivity contribution < 1.29 is 8.78 Å². The molecule has 2 bridgehead atoms. The van der Waals surface area contributed by atoms with Gasteiger partial charge in [0, 0.05) is 6.04 Å². The van der Waals surface area contributed by atoms with Crippen LogP contribution >= 0.6 is 0 Å². The molecule has 0 amide bonds. The van der Waals surface area contributed by atoms with Crippen LogP contribution in [0.2, 0.25) is 0 Å². The molecule has 0 aromatic carbocycles. The summed E-state index contributed by atoms with van der Waals surface area (Å²) in [7, 11) is 0. The summed E-state index contributed by atoms with van der Waals surface area (Å²) >= 11 is 0. The summed E-state index contributed by atoms with van der Waals surface area (Å²) in [4.78, 5) is 0. The topological polar surface area (TPSA) is 12.0 Å². The Hall–Kier alpha value is -0.180. The van der Waals surface area contributed by atoms with Gasteiger partial charge in [0.25, 0.3) is 6.43 Å². The van der Waals surface area contributed by atoms with E-state index in [0.29, 0.717) is 6.04 Å². The van der Waals surface area contributed by atoms with Crippen LogP contribution in [0.25, 0.3) is 0 Å². The summed E-state index contributed by atoms with van der Waals surface area (Å²) in [6, 6.07) is -0.185. The molecule has 0 saturated heterocycles. The van der Waals surface area contributed by atoms with Crippen molar-refractivity contribution in [1.29, 1.82) is 0 Å². The van der Waals surface area contributed by atoms with Crippen LogP contribution in [0.5, 0.6) is 0 Å². The molecule has 14 heavy (non-hydrogen) atoms. The van der Waals surface area contributed by atoms with E-state index in [1.165, 1.54) is 19.3 Å². The summed E-state index contributed by atoms with van der Waals surface area (Å²) in [5.41, 5.74) is 0. The molecule has 3 aliphatic rings. The van der Waals surface area contributed by atoms with E-state index < -0.39 is 12.5 Å². The molecule has 3 aliphatic carbocycles. The maximum Gasteiger partial charge on any atom is 0.253 e. The third kappa shape index (κ3) is 1.14. The highest BCUT2D eigenvalue weighted by Gasteiger charge is 2.65. The van der Waals surface area contributed by atoms with Crippen molar-refractivity contribution in [1.82, 2.24) is 5.32 Å². The van der Waals surface area contributed by atoms with Crippen molar-refractivity contribution in [3.8, 4) is 0 Å². The van der Waals surface area contributed by atoms with Gasteiger partial charge in [0.2, 0.25) is 0 Å². The molecule has 3 heteroatoms. The lowest BCUT2D eigenvalue weighted by Crippen LogP contribution is -2.36. The molecule has 5 unspecified atom stereocenters. The number of hydrogen-bond acceptors (Lipinski definition) is 1. The van der Waals surface area contributed by atoms with Crippen molar-refractivity contribution in [2.75, 3.05) is 0 Å². The van der Waals surface area contributed by atoms with E-state index in [2.05, 4.69) is 5.32 Å². The quantitative estimate of drug-likeness (QED) is 0.738. The Morgan fingerprint density at radius 2 is 1.71 bits per heavy atom. The fraction of sp³-hybridized carbons (Fsp3) is 1.00. The van der Waals surface area contributed by atoms with E-state index in [-0.39, 0.29) is 0 Å². The first kappa shape index (κ1) is 9.08. The molecule has 0 heterocycles. The Morgan fingerprint density at radius 1 is 1.14 bits per heavy atom. The first-order valence-corrected chi connectivity index (χ1v) is 5.72. The third-order valence-electron chi connectivity index (χ3n) is 4.57. The van der Waals surface area contributed by atoms with Gasteiger partial charge in [-0.05, 0) is 49.9 Å². The van der Waals surface area contributed by atoms with Crippen LogP contribution in [0.1, 0.15) is 26.2 Å². The molecule has 0 aliphatic heterocycles. The highest BCUT2D eigenvalue weighted by atomic mass is 19.3. The number of halogens is 2. The lowest BCUT2D eigenvalue weighted by molar-refractivity contribution is 0.103. The molecular formula is C11H17F2N. The van der Waals surface area contributed by atoms with Gasteiger partial charge in [0.15, 0.2) is 0 Å². The van der Waals surface area contributed by atoms with Gasteiger partial charge in [-0.1, -0.05) is 0 Å². The van der Waals surface area contributed by atoms with Crippen molar-refractivity contribution in [3.05, 3.63) is 0 Å². The largest absolute Gasteiger partial charge is 0.306 e. The Labute approximate surface area is 83.3 Å². The van der Waals surface area contributed by atoms with Crippen LogP contribution < -0.4 is 5.32 Å². The van der Waals surface area contributed by atoms with Crippen LogP contribution in [-0.2, 0) is 0 Å². The predicted octanol–water partition coefficient (Wildman–Crippen LogP) is 2.27. The monoisotopic (exact) mass is 201 g/mol. The number of alkyl halides is 2. The Bertz CT molecular complexity index is 227. The fourth-order valence-electron chi connectivity index (χ4n) is 3.92. The Balaban J connectivity index is 1.59. The number of hydrogen-bond donors (Lipinski definition) is 1. The van der Waals surface area contributed by atoms with E-state index in [1.54, 1.807) is 6.92 Å². The third-order valence-corrected chi connectivity index (χ3v) is 4.57. The zero-order chi connectivity index (χ0) is 9.87. The molecule has 0 spiro atoms. The minimum absolute atomic E-state index is 0.435. The summed E-state index contributed by atoms with van der Waals surface area (Å²) in [6.45, 7) is 1.60. The molecule has 3 saturated carbocycles. The smallest absolute Gasteiger partial charge is 0.253 e. The maximum absolute atomic E-state index is 12.3. The van der Waals surface area contributed by atoms with Gasteiger partial charge in [-0.3, -0.25) is 0 Å². The fourth-order valence-corrected chi connectivity index (χ4v) is 3.92. The van der Waals surface area contributed by atoms with E-state index in [0.717, 1.165) is 23.7 Å². The molecule has 0 radical (unpaired) electrons. The van der Waals surface area contributed by atoms with E-state index in [9.17, 15) is 8.78 Å². The molecule has 1 N–H and O–H groups in total. The lowest BCUT2D eigenvalue weighted by atomic mass is 10.0. The molecule has 80 valence electrons. The van der Waals surface area contributed by atoms with Crippen molar-refractivity contribution in [2.45, 2.75) is 44.7 Å². The Kier molecular flexibility index (Phi) is 1.88. The SMILES string of the molecule is CC(NC1C2C3CCC(C3)C12)C(F)F. The average Bonchev–Trinajstić information content (AvgIpc) is 2.59. The highest BCUT2D eigenvalue weighted by Crippen LogP contribution is 2.65. The molecular weight excluding hydrogens is 184 g/mol. The van der Waals surface area contributed by atoms with Crippen molar-refractivity contribution >= 4 is 0 Å². The zero-order valence-corrected chi connectivity index (χ0v) is 8.42. The Morgan fingerprint density at radius 3 is 2.21 bits per heavy atom. The number of nitrogens with one attached hydrogen (secondary N) is 1. The van der Waals surface area contributed by atoms with E-state index in [4.69, 9.17) is 0 Å². The number of rotatable bonds is 3. The van der Waals surface area contributed by atoms with Crippen LogP contribution in [0.4, 0.5) is 8.78 Å². The second kappa shape index (κ2) is 2.91. The summed E-state index contributed by atoms with van der Waals surface area (Å²) in [5, 5.41) is 3.11. The van der Waals surface area contributed by atoms with Gasteiger partial charge in [-0.25, -0.2) is 8.78 Å². The van der Waals surface area contributed by atoms with Crippen LogP contribution in [0.15, 0.2) is 0 Å². The average molecular weight is 201 g/mol. The van der Waals surface area contributed by atoms with Crippen molar-refractivity contribution in [2.24, 2.45) is 23.7 Å². The van der Waals surface area contributed by atoms with E-state index >= 15 is 0 Å². The first-order valence-electron chi connectivity index (χ1n) is 5.72. The predicted molar refractivity (Wildman–Crippen MR) is 50.2 cm³/mol. The van der Waals surface area contributed by atoms with Gasteiger partial charge >= 0.3 is 0 Å². The van der Waals surface area contributed by atoms with Gasteiger partial charge in [-0.15, -0.1) is 0 Å². The molecule has 0 aromatic heterocycles. The maximum atomic E-state index is 12.3. The molecule has 5 atom stereocenters. The summed E-state index contributed by atoms with van der Waals surface area (Å²) in [6.07, 6.45) is 1.88. The summed E-state index contributed by atoms with van der Waals surface area (Å²) in [5.74, 6) is 3.25. The minimum atomic E-state index is -2.21. The van der Waals surface area contributed by atoms with Gasteiger partial charge in [-0.2, -0.15) is 0 Å². The second-order valence-electron chi connectivity index (χ2n) is 5.30. The summed E-state index contributed by atoms with van der Waals surface area (Å²) < 4.78 is 24.7. The second-order valence-corrected chi connectivity index (χ2v) is 5.30. The first-order chi connectivity index (χ1) is 6.68. The molecule has 3 fully saturated rings. The lowest BCUT2D eigenvalue weighted by Gasteiger charge is -2.15. The normalized spacial score (nSPS) is 51.0. The standard InChI is InChI=1S/C11H17F2N/c1-5(11(12)13)14-10-8-6-2-3-7(4-6)9(8)10/h5-11,14H,2-4H2,1H3. The minimum Gasteiger partial charge on any atom is -0.306 e. The van der Waals surface area contributed by atoms with Crippen LogP contribution in [0.3, 0.4) is 0 Å². The van der Waals surface area contributed by atoms with Gasteiger partial charge in [0.05, 0.1) is 6.04 Å². The molecule has 0 aromatic rings. The zero-order valence-electron chi connectivity index (χ0n) is 8.42. The number of fused-ring (bicyclic) bond motifs is 5. The molecule has 3 rings (SSSR count). The van der Waals surface area contributed by atoms with Crippen LogP contribution in [0, 0.1) is 23.7 Å². The van der Waals surface area contributed by atoms with Crippen LogP contribution in [-0.4, -0.2) is 18.5 Å².